The minimum atomic E-state index is -0.492. The molecule has 4 bridgehead atoms. The summed E-state index contributed by atoms with van der Waals surface area (Å²) < 4.78 is 19.7. The number of amides is 2. The Balaban J connectivity index is 1.22. The van der Waals surface area contributed by atoms with Crippen molar-refractivity contribution in [3.63, 3.8) is 0 Å². The van der Waals surface area contributed by atoms with Crippen LogP contribution >= 0.6 is 23.2 Å². The number of carbonyl (C=O) groups excluding carboxylic acids is 2. The van der Waals surface area contributed by atoms with E-state index in [-0.39, 0.29) is 64.8 Å². The van der Waals surface area contributed by atoms with Crippen molar-refractivity contribution in [1.29, 1.82) is 5.26 Å². The first kappa shape index (κ1) is 33.8. The van der Waals surface area contributed by atoms with Gasteiger partial charge < -0.3 is 19.7 Å². The molecule has 1 N–H and O–H groups in total. The van der Waals surface area contributed by atoms with Crippen molar-refractivity contribution in [2.45, 2.75) is 108 Å². The van der Waals surface area contributed by atoms with Crippen molar-refractivity contribution in [2.24, 2.45) is 17.8 Å². The Morgan fingerprint density at radius 3 is 2.60 bits per heavy atom. The molecule has 6 atom stereocenters. The highest BCUT2D eigenvalue weighted by Crippen LogP contribution is 2.54. The van der Waals surface area contributed by atoms with Crippen LogP contribution in [0, 0.1) is 41.8 Å². The molecule has 0 radical (unpaired) electrons. The van der Waals surface area contributed by atoms with Crippen LogP contribution in [0.15, 0.2) is 30.3 Å². The lowest BCUT2D eigenvalue weighted by atomic mass is 9.79. The first-order valence-corrected chi connectivity index (χ1v) is 20.3. The van der Waals surface area contributed by atoms with E-state index in [1.807, 2.05) is 13.0 Å². The second kappa shape index (κ2) is 12.7. The lowest BCUT2D eigenvalue weighted by Crippen LogP contribution is -2.51. The summed E-state index contributed by atoms with van der Waals surface area (Å²) in [6, 6.07) is 11.8. The van der Waals surface area contributed by atoms with Crippen LogP contribution < -0.4 is 5.32 Å². The van der Waals surface area contributed by atoms with Gasteiger partial charge in [-0.05, 0) is 81.5 Å². The molecule has 4 aliphatic heterocycles. The zero-order valence-electron chi connectivity index (χ0n) is 29.9. The fraction of sp³-hybridized carbons (Fsp3) is 0.524. The van der Waals surface area contributed by atoms with Crippen molar-refractivity contribution >= 4 is 56.8 Å². The molecule has 11 heteroatoms. The first-order valence-electron chi connectivity index (χ1n) is 19.6. The van der Waals surface area contributed by atoms with Gasteiger partial charge in [0.05, 0.1) is 45.7 Å². The molecule has 2 aromatic carbocycles. The average molecular weight is 754 g/mol. The van der Waals surface area contributed by atoms with Crippen LogP contribution in [0.1, 0.15) is 93.2 Å². The highest BCUT2D eigenvalue weighted by atomic mass is 35.5. The number of hydrogen-bond acceptors (Lipinski definition) is 5. The summed E-state index contributed by atoms with van der Waals surface area (Å²) in [4.78, 5) is 38.3. The van der Waals surface area contributed by atoms with Gasteiger partial charge in [0.2, 0.25) is 11.8 Å². The smallest absolute Gasteiger partial charge is 0.228 e. The Bertz CT molecular complexity index is 2240. The fourth-order valence-electron chi connectivity index (χ4n) is 10.9. The summed E-state index contributed by atoms with van der Waals surface area (Å²) in [7, 11) is 0. The molecule has 53 heavy (non-hydrogen) atoms. The summed E-state index contributed by atoms with van der Waals surface area (Å²) in [5.74, 6) is -0.0519. The van der Waals surface area contributed by atoms with Crippen LogP contribution in [0.4, 0.5) is 4.39 Å². The van der Waals surface area contributed by atoms with Crippen molar-refractivity contribution < 1.29 is 14.0 Å². The van der Waals surface area contributed by atoms with Gasteiger partial charge in [-0.25, -0.2) is 9.37 Å². The summed E-state index contributed by atoms with van der Waals surface area (Å²) in [6.07, 6.45) is 9.61. The Hall–Kier alpha value is -3.71. The van der Waals surface area contributed by atoms with Gasteiger partial charge in [-0.15, -0.1) is 0 Å². The van der Waals surface area contributed by atoms with E-state index < -0.39 is 11.9 Å². The quantitative estimate of drug-likeness (QED) is 0.205. The highest BCUT2D eigenvalue weighted by molar-refractivity contribution is 6.43. The van der Waals surface area contributed by atoms with Crippen molar-refractivity contribution in [3.8, 4) is 17.2 Å². The second-order valence-electron chi connectivity index (χ2n) is 16.5. The number of pyridine rings is 1. The van der Waals surface area contributed by atoms with E-state index in [1.165, 1.54) is 6.42 Å². The molecule has 7 aliphatic rings. The maximum atomic E-state index is 17.3. The molecular weight excluding hydrogens is 710 g/mol. The summed E-state index contributed by atoms with van der Waals surface area (Å²) in [5, 5.41) is 15.5. The van der Waals surface area contributed by atoms with Gasteiger partial charge in [0.1, 0.15) is 5.52 Å². The van der Waals surface area contributed by atoms with E-state index in [9.17, 15) is 14.9 Å². The number of rotatable bonds is 7. The van der Waals surface area contributed by atoms with Gasteiger partial charge in [0, 0.05) is 70.8 Å². The number of aryl methyl sites for hydroxylation is 2. The monoisotopic (exact) mass is 752 g/mol. The Morgan fingerprint density at radius 2 is 1.89 bits per heavy atom. The SMILES string of the molecule is Cc1nc2c(F)c(-c3cccc(Cl)c3Cl)c(CCC#N)cc2c2c1cc([C@H]1[C@H]3C[C@H](CN(C4CCCCC4)C3=O)N1C(=O)C1CC1)n2[C@H]1[C@H]2CN[C@@H]1C2. The Kier molecular flexibility index (Phi) is 8.09. The molecule has 274 valence electrons. The number of benzene rings is 2. The van der Waals surface area contributed by atoms with Crippen LogP contribution in [0.5, 0.6) is 0 Å². The van der Waals surface area contributed by atoms with E-state index in [1.54, 1.807) is 18.2 Å². The van der Waals surface area contributed by atoms with Crippen LogP contribution in [0.3, 0.4) is 0 Å². The number of fused-ring (bicyclic) bond motifs is 6. The Morgan fingerprint density at radius 1 is 1.08 bits per heavy atom. The zero-order chi connectivity index (χ0) is 36.3. The third-order valence-electron chi connectivity index (χ3n) is 13.5. The van der Waals surface area contributed by atoms with Gasteiger partial charge in [0.25, 0.3) is 0 Å². The number of nitrogens with one attached hydrogen (secondary N) is 1. The maximum Gasteiger partial charge on any atom is 0.228 e. The predicted molar refractivity (Wildman–Crippen MR) is 203 cm³/mol. The van der Waals surface area contributed by atoms with Crippen LogP contribution in [0.2, 0.25) is 10.0 Å². The van der Waals surface area contributed by atoms with E-state index in [2.05, 4.69) is 31.8 Å². The third-order valence-corrected chi connectivity index (χ3v) is 14.4. The van der Waals surface area contributed by atoms with Crippen LogP contribution in [-0.2, 0) is 16.0 Å². The second-order valence-corrected chi connectivity index (χ2v) is 17.3. The topological polar surface area (TPSA) is 94.3 Å². The molecule has 4 aromatic rings. The van der Waals surface area contributed by atoms with Gasteiger partial charge in [0.15, 0.2) is 5.82 Å². The lowest BCUT2D eigenvalue weighted by molar-refractivity contribution is -0.141. The standard InChI is InChI=1S/C42H43Cl2FN6O2/c1-21-28-18-33(40-30-17-26(50(40)41(52)22-12-13-22)20-49(42(30)53)25-8-3-2-4-9-25)51(38-24-16-32(38)47-19-24)39(28)29-15-23(7-6-14-46)34(36(45)37(29)48-21)27-10-5-11-31(43)35(27)44/h5,10-11,15,18,22,24-26,30,32,38,40,47H,2-4,6-9,12-13,16-17,19-20H2,1H3/t24-,26-,30-,32-,38+,40-/m1/s1. The molecule has 2 amide bonds. The minimum absolute atomic E-state index is 0.0172. The number of nitrogens with zero attached hydrogens (tertiary/aromatic N) is 5. The van der Waals surface area contributed by atoms with E-state index in [0.717, 1.165) is 68.1 Å². The molecule has 0 unspecified atom stereocenters. The lowest BCUT2D eigenvalue weighted by Gasteiger charge is -2.40. The minimum Gasteiger partial charge on any atom is -0.337 e. The van der Waals surface area contributed by atoms with E-state index in [0.29, 0.717) is 58.1 Å². The summed E-state index contributed by atoms with van der Waals surface area (Å²) >= 11 is 13.2. The molecule has 11 rings (SSSR count). The predicted octanol–water partition coefficient (Wildman–Crippen LogP) is 8.44. The molecular formula is C42H43Cl2FN6O2. The molecule has 4 saturated heterocycles. The van der Waals surface area contributed by atoms with Gasteiger partial charge in [-0.3, -0.25) is 9.59 Å². The Labute approximate surface area is 318 Å². The first-order chi connectivity index (χ1) is 25.7. The van der Waals surface area contributed by atoms with Crippen molar-refractivity contribution in [2.75, 3.05) is 13.1 Å². The largest absolute Gasteiger partial charge is 0.337 e. The van der Waals surface area contributed by atoms with Crippen LogP contribution in [0.25, 0.3) is 32.9 Å². The molecule has 3 saturated carbocycles. The zero-order valence-corrected chi connectivity index (χ0v) is 31.4. The number of halogens is 3. The maximum absolute atomic E-state index is 17.3. The van der Waals surface area contributed by atoms with Crippen molar-refractivity contribution in [3.05, 3.63) is 63.1 Å². The number of likely N-dealkylation sites (tertiary alicyclic amines) is 2. The molecule has 2 aromatic heterocycles. The fourth-order valence-corrected chi connectivity index (χ4v) is 11.3. The number of nitriles is 1. The summed E-state index contributed by atoms with van der Waals surface area (Å²) in [6.45, 7) is 3.43. The molecule has 0 spiro atoms. The van der Waals surface area contributed by atoms with Crippen molar-refractivity contribution in [1.82, 2.24) is 24.7 Å². The van der Waals surface area contributed by atoms with Gasteiger partial charge in [-0.2, -0.15) is 5.26 Å². The van der Waals surface area contributed by atoms with Gasteiger partial charge in [-0.1, -0.05) is 54.6 Å². The molecule has 8 nitrogen and oxygen atoms in total. The van der Waals surface area contributed by atoms with E-state index >= 15 is 4.39 Å². The third kappa shape index (κ3) is 5.11. The normalized spacial score (nSPS) is 28.2. The number of hydrogen-bond donors (Lipinski definition) is 1. The highest BCUT2D eigenvalue weighted by Gasteiger charge is 2.58. The summed E-state index contributed by atoms with van der Waals surface area (Å²) in [5.41, 5.74) is 4.24. The molecule has 6 heterocycles. The number of aromatic nitrogens is 2. The number of carbonyl (C=O) groups is 2. The average Bonchev–Trinajstić information content (AvgIpc) is 3.43. The van der Waals surface area contributed by atoms with E-state index in [4.69, 9.17) is 28.2 Å². The molecule has 3 aliphatic carbocycles. The number of piperidine rings is 1. The van der Waals surface area contributed by atoms with Gasteiger partial charge >= 0.3 is 0 Å². The molecule has 7 fully saturated rings. The van der Waals surface area contributed by atoms with Crippen LogP contribution in [-0.4, -0.2) is 62.4 Å².